The van der Waals surface area contributed by atoms with Crippen LogP contribution in [0.5, 0.6) is 0 Å². The molecule has 2 N–H and O–H groups in total. The number of carbonyl (C=O) groups excluding carboxylic acids is 3. The van der Waals surface area contributed by atoms with Crippen LogP contribution in [0.3, 0.4) is 0 Å². The van der Waals surface area contributed by atoms with Gasteiger partial charge in [0.05, 0.1) is 12.1 Å². The molecule has 0 radical (unpaired) electrons. The summed E-state index contributed by atoms with van der Waals surface area (Å²) in [5.74, 6) is -1.30. The van der Waals surface area contributed by atoms with E-state index in [0.29, 0.717) is 5.56 Å². The molecule has 33 heavy (non-hydrogen) atoms. The Morgan fingerprint density at radius 1 is 1.06 bits per heavy atom. The molecule has 0 spiro atoms. The molecule has 2 amide bonds. The Kier molecular flexibility index (Phi) is 6.49. The fraction of sp³-hybridized carbons (Fsp3) is 0.346. The second kappa shape index (κ2) is 9.48. The largest absolute Gasteiger partial charge is 0.452 e. The SMILES string of the molecule is Cc1cccc(C)c1NC(=O)CN(C)C(=O)COC(=O)c1ccc2[nH]c3c(c2c1)CCCC3. The Morgan fingerprint density at radius 2 is 1.79 bits per heavy atom. The number of hydrogen-bond acceptors (Lipinski definition) is 4. The van der Waals surface area contributed by atoms with Gasteiger partial charge in [-0.25, -0.2) is 4.79 Å². The van der Waals surface area contributed by atoms with Crippen molar-refractivity contribution in [3.63, 3.8) is 0 Å². The number of hydrogen-bond donors (Lipinski definition) is 2. The molecule has 3 aromatic rings. The number of rotatable bonds is 6. The van der Waals surface area contributed by atoms with Crippen molar-refractivity contribution in [1.82, 2.24) is 9.88 Å². The van der Waals surface area contributed by atoms with Crippen LogP contribution in [-0.4, -0.2) is 47.9 Å². The second-order valence-corrected chi connectivity index (χ2v) is 8.69. The smallest absolute Gasteiger partial charge is 0.338 e. The minimum atomic E-state index is -0.551. The molecule has 0 atom stereocenters. The number of nitrogens with zero attached hydrogens (tertiary/aromatic N) is 1. The molecule has 0 aliphatic heterocycles. The molecule has 7 nitrogen and oxygen atoms in total. The quantitative estimate of drug-likeness (QED) is 0.561. The van der Waals surface area contributed by atoms with Crippen molar-refractivity contribution in [2.45, 2.75) is 39.5 Å². The first-order chi connectivity index (χ1) is 15.8. The van der Waals surface area contributed by atoms with E-state index in [0.717, 1.165) is 47.0 Å². The third-order valence-corrected chi connectivity index (χ3v) is 6.21. The number of fused-ring (bicyclic) bond motifs is 3. The minimum Gasteiger partial charge on any atom is -0.452 e. The van der Waals surface area contributed by atoms with Crippen molar-refractivity contribution in [3.05, 3.63) is 64.3 Å². The molecule has 7 heteroatoms. The second-order valence-electron chi connectivity index (χ2n) is 8.69. The van der Waals surface area contributed by atoms with Crippen LogP contribution in [0.25, 0.3) is 10.9 Å². The van der Waals surface area contributed by atoms with E-state index in [9.17, 15) is 14.4 Å². The van der Waals surface area contributed by atoms with Crippen molar-refractivity contribution >= 4 is 34.4 Å². The Hall–Kier alpha value is -3.61. The zero-order valence-corrected chi connectivity index (χ0v) is 19.3. The predicted octanol–water partition coefficient (Wildman–Crippen LogP) is 3.92. The molecule has 0 saturated carbocycles. The average Bonchev–Trinajstić information content (AvgIpc) is 3.17. The van der Waals surface area contributed by atoms with Gasteiger partial charge in [0.15, 0.2) is 6.61 Å². The number of benzene rings is 2. The van der Waals surface area contributed by atoms with E-state index >= 15 is 0 Å². The Bertz CT molecular complexity index is 1210. The summed E-state index contributed by atoms with van der Waals surface area (Å²) in [7, 11) is 1.51. The summed E-state index contributed by atoms with van der Waals surface area (Å²) >= 11 is 0. The van der Waals surface area contributed by atoms with Gasteiger partial charge in [0.2, 0.25) is 5.91 Å². The first-order valence-corrected chi connectivity index (χ1v) is 11.2. The van der Waals surface area contributed by atoms with Gasteiger partial charge in [0.1, 0.15) is 0 Å². The summed E-state index contributed by atoms with van der Waals surface area (Å²) in [6.07, 6.45) is 4.35. The van der Waals surface area contributed by atoms with E-state index in [1.54, 1.807) is 6.07 Å². The number of likely N-dealkylation sites (N-methyl/N-ethyl adjacent to an activating group) is 1. The summed E-state index contributed by atoms with van der Waals surface area (Å²) in [5.41, 5.74) is 6.60. The van der Waals surface area contributed by atoms with Crippen LogP contribution in [0, 0.1) is 13.8 Å². The number of esters is 1. The van der Waals surface area contributed by atoms with Gasteiger partial charge in [0.25, 0.3) is 5.91 Å². The van der Waals surface area contributed by atoms with Gasteiger partial charge in [-0.15, -0.1) is 0 Å². The van der Waals surface area contributed by atoms with Crippen LogP contribution in [-0.2, 0) is 27.2 Å². The maximum atomic E-state index is 12.6. The number of aromatic amines is 1. The first kappa shape index (κ1) is 22.6. The molecule has 1 aliphatic rings. The number of carbonyl (C=O) groups is 3. The van der Waals surface area contributed by atoms with Gasteiger partial charge >= 0.3 is 5.97 Å². The van der Waals surface area contributed by atoms with Crippen molar-refractivity contribution in [2.75, 3.05) is 25.5 Å². The van der Waals surface area contributed by atoms with Gasteiger partial charge in [-0.1, -0.05) is 18.2 Å². The summed E-state index contributed by atoms with van der Waals surface area (Å²) in [5, 5.41) is 3.90. The highest BCUT2D eigenvalue weighted by molar-refractivity contribution is 5.98. The number of aromatic nitrogens is 1. The Balaban J connectivity index is 1.33. The number of ether oxygens (including phenoxy) is 1. The van der Waals surface area contributed by atoms with Gasteiger partial charge in [0, 0.05) is 29.3 Å². The van der Waals surface area contributed by atoms with Gasteiger partial charge in [-0.2, -0.15) is 0 Å². The van der Waals surface area contributed by atoms with Gasteiger partial charge < -0.3 is 19.9 Å². The summed E-state index contributed by atoms with van der Waals surface area (Å²) in [6, 6.07) is 11.2. The molecule has 0 bridgehead atoms. The highest BCUT2D eigenvalue weighted by Gasteiger charge is 2.19. The minimum absolute atomic E-state index is 0.133. The lowest BCUT2D eigenvalue weighted by Gasteiger charge is -2.18. The monoisotopic (exact) mass is 447 g/mol. The lowest BCUT2D eigenvalue weighted by atomic mass is 9.95. The Morgan fingerprint density at radius 3 is 2.55 bits per heavy atom. The molecule has 172 valence electrons. The number of amides is 2. The summed E-state index contributed by atoms with van der Waals surface area (Å²) < 4.78 is 5.25. The lowest BCUT2D eigenvalue weighted by Crippen LogP contribution is -2.37. The standard InChI is InChI=1S/C26H29N3O4/c1-16-7-6-8-17(2)25(16)28-23(30)14-29(3)24(31)15-33-26(32)18-11-12-22-20(13-18)19-9-4-5-10-21(19)27-22/h6-8,11-13,27H,4-5,9-10,14-15H2,1-3H3,(H,28,30). The van der Waals surface area contributed by atoms with Crippen LogP contribution >= 0.6 is 0 Å². The molecular formula is C26H29N3O4. The van der Waals surface area contributed by atoms with Crippen LogP contribution in [0.4, 0.5) is 5.69 Å². The zero-order valence-electron chi connectivity index (χ0n) is 19.3. The molecule has 0 fully saturated rings. The molecule has 1 heterocycles. The zero-order chi connectivity index (χ0) is 23.5. The van der Waals surface area contributed by atoms with E-state index in [2.05, 4.69) is 10.3 Å². The van der Waals surface area contributed by atoms with E-state index in [4.69, 9.17) is 4.74 Å². The van der Waals surface area contributed by atoms with Gasteiger partial charge in [-0.05, 0) is 74.4 Å². The van der Waals surface area contributed by atoms with Crippen molar-refractivity contribution in [2.24, 2.45) is 0 Å². The first-order valence-electron chi connectivity index (χ1n) is 11.2. The van der Waals surface area contributed by atoms with E-state index < -0.39 is 18.5 Å². The summed E-state index contributed by atoms with van der Waals surface area (Å²) in [6.45, 7) is 3.27. The topological polar surface area (TPSA) is 91.5 Å². The third-order valence-electron chi connectivity index (χ3n) is 6.21. The number of nitrogens with one attached hydrogen (secondary N) is 2. The van der Waals surface area contributed by atoms with E-state index in [1.165, 1.54) is 29.6 Å². The number of anilines is 1. The maximum absolute atomic E-state index is 12.6. The fourth-order valence-corrected chi connectivity index (χ4v) is 4.35. The number of aryl methyl sites for hydroxylation is 4. The molecule has 0 unspecified atom stereocenters. The van der Waals surface area contributed by atoms with Crippen molar-refractivity contribution < 1.29 is 19.1 Å². The van der Waals surface area contributed by atoms with Crippen LogP contribution in [0.15, 0.2) is 36.4 Å². The van der Waals surface area contributed by atoms with Crippen LogP contribution in [0.2, 0.25) is 0 Å². The van der Waals surface area contributed by atoms with Crippen LogP contribution in [0.1, 0.15) is 45.6 Å². The molecule has 4 rings (SSSR count). The van der Waals surface area contributed by atoms with Crippen molar-refractivity contribution in [1.29, 1.82) is 0 Å². The molecular weight excluding hydrogens is 418 g/mol. The number of para-hydroxylation sites is 1. The molecule has 2 aromatic carbocycles. The van der Waals surface area contributed by atoms with Crippen molar-refractivity contribution in [3.8, 4) is 0 Å². The molecule has 1 aromatic heterocycles. The van der Waals surface area contributed by atoms with E-state index in [-0.39, 0.29) is 12.5 Å². The molecule has 1 aliphatic carbocycles. The highest BCUT2D eigenvalue weighted by atomic mass is 16.5. The van der Waals surface area contributed by atoms with E-state index in [1.807, 2.05) is 44.2 Å². The van der Waals surface area contributed by atoms with Crippen LogP contribution < -0.4 is 5.32 Å². The number of H-pyrrole nitrogens is 1. The summed E-state index contributed by atoms with van der Waals surface area (Å²) in [4.78, 5) is 42.1. The normalized spacial score (nSPS) is 12.8. The molecule has 0 saturated heterocycles. The maximum Gasteiger partial charge on any atom is 0.338 e. The van der Waals surface area contributed by atoms with Gasteiger partial charge in [-0.3, -0.25) is 9.59 Å². The lowest BCUT2D eigenvalue weighted by molar-refractivity contribution is -0.136. The average molecular weight is 448 g/mol. The predicted molar refractivity (Wildman–Crippen MR) is 127 cm³/mol. The Labute approximate surface area is 193 Å². The third kappa shape index (κ3) is 4.92. The fourth-order valence-electron chi connectivity index (χ4n) is 4.35. The highest BCUT2D eigenvalue weighted by Crippen LogP contribution is 2.29.